The first kappa shape index (κ1) is 21.0. The maximum absolute atomic E-state index is 15.2. The minimum atomic E-state index is -1.42. The second-order valence-electron chi connectivity index (χ2n) is 8.40. The molecule has 1 saturated heterocycles. The van der Waals surface area contributed by atoms with Gasteiger partial charge in [0.05, 0.1) is 35.2 Å². The number of ether oxygens (including phenoxy) is 1. The molecule has 3 heterocycles. The number of fused-ring (bicyclic) bond motifs is 1. The number of halogens is 3. The molecule has 9 heteroatoms. The van der Waals surface area contributed by atoms with E-state index in [0.29, 0.717) is 30.9 Å². The van der Waals surface area contributed by atoms with E-state index in [1.807, 2.05) is 13.0 Å². The molecule has 1 aliphatic heterocycles. The van der Waals surface area contributed by atoms with Crippen LogP contribution in [-0.2, 0) is 11.2 Å². The van der Waals surface area contributed by atoms with Crippen LogP contribution in [0.5, 0.6) is 0 Å². The number of imidazole rings is 1. The monoisotopic (exact) mass is 444 g/mol. The topological polar surface area (TPSA) is 67.7 Å². The molecule has 0 spiro atoms. The lowest BCUT2D eigenvalue weighted by Gasteiger charge is -2.24. The van der Waals surface area contributed by atoms with E-state index >= 15 is 8.78 Å². The summed E-state index contributed by atoms with van der Waals surface area (Å²) in [5.41, 5.74) is 0.722. The molecular formula is C23H23F3N4O2. The summed E-state index contributed by atoms with van der Waals surface area (Å²) < 4.78 is 52.8. The zero-order valence-corrected chi connectivity index (χ0v) is 17.6. The van der Waals surface area contributed by atoms with Gasteiger partial charge in [0.25, 0.3) is 5.91 Å². The number of morpholine rings is 1. The summed E-state index contributed by atoms with van der Waals surface area (Å²) in [5, 5.41) is 5.79. The van der Waals surface area contributed by atoms with E-state index in [9.17, 15) is 9.18 Å². The first-order valence-electron chi connectivity index (χ1n) is 10.7. The van der Waals surface area contributed by atoms with E-state index in [-0.39, 0.29) is 17.8 Å². The van der Waals surface area contributed by atoms with E-state index in [0.717, 1.165) is 31.0 Å². The van der Waals surface area contributed by atoms with Gasteiger partial charge in [0.2, 0.25) is 0 Å². The van der Waals surface area contributed by atoms with Crippen molar-refractivity contribution in [2.24, 2.45) is 0 Å². The maximum atomic E-state index is 15.2. The van der Waals surface area contributed by atoms with Crippen molar-refractivity contribution in [3.8, 4) is 11.3 Å². The van der Waals surface area contributed by atoms with Gasteiger partial charge in [-0.1, -0.05) is 0 Å². The van der Waals surface area contributed by atoms with Crippen LogP contribution in [0.25, 0.3) is 16.9 Å². The molecule has 2 N–H and O–H groups in total. The van der Waals surface area contributed by atoms with Crippen molar-refractivity contribution >= 4 is 11.6 Å². The quantitative estimate of drug-likeness (QED) is 0.594. The summed E-state index contributed by atoms with van der Waals surface area (Å²) in [6.45, 7) is 3.72. The number of aryl methyl sites for hydroxylation is 1. The molecule has 6 nitrogen and oxygen atoms in total. The summed E-state index contributed by atoms with van der Waals surface area (Å²) in [7, 11) is 0. The molecule has 0 radical (unpaired) electrons. The van der Waals surface area contributed by atoms with Crippen LogP contribution in [0.1, 0.15) is 34.5 Å². The highest BCUT2D eigenvalue weighted by Gasteiger charge is 2.31. The molecule has 1 aromatic carbocycles. The van der Waals surface area contributed by atoms with Crippen molar-refractivity contribution in [1.29, 1.82) is 0 Å². The number of hydrogen-bond acceptors (Lipinski definition) is 4. The maximum Gasteiger partial charge on any atom is 0.254 e. The Hall–Kier alpha value is -2.91. The number of carbonyl (C=O) groups is 1. The van der Waals surface area contributed by atoms with Crippen molar-refractivity contribution in [1.82, 2.24) is 20.0 Å². The Labute approximate surface area is 182 Å². The normalized spacial score (nSPS) is 18.8. The smallest absolute Gasteiger partial charge is 0.254 e. The lowest BCUT2D eigenvalue weighted by atomic mass is 10.0. The highest BCUT2D eigenvalue weighted by molar-refractivity contribution is 5.95. The molecule has 1 atom stereocenters. The van der Waals surface area contributed by atoms with Gasteiger partial charge in [-0.3, -0.25) is 4.79 Å². The number of pyridine rings is 1. The zero-order valence-electron chi connectivity index (χ0n) is 17.6. The third-order valence-electron chi connectivity index (χ3n) is 5.86. The van der Waals surface area contributed by atoms with Crippen molar-refractivity contribution in [2.75, 3.05) is 19.7 Å². The highest BCUT2D eigenvalue weighted by atomic mass is 19.2. The average Bonchev–Trinajstić information content (AvgIpc) is 3.53. The molecule has 2 fully saturated rings. The first-order valence-corrected chi connectivity index (χ1v) is 10.7. The van der Waals surface area contributed by atoms with Gasteiger partial charge < -0.3 is 19.8 Å². The predicted molar refractivity (Wildman–Crippen MR) is 112 cm³/mol. The number of nitrogens with zero attached hydrogens (tertiary/aromatic N) is 2. The first-order chi connectivity index (χ1) is 15.4. The van der Waals surface area contributed by atoms with Crippen LogP contribution < -0.4 is 10.6 Å². The number of rotatable bonds is 5. The Morgan fingerprint density at radius 1 is 1.28 bits per heavy atom. The number of hydrogen-bond donors (Lipinski definition) is 2. The lowest BCUT2D eigenvalue weighted by molar-refractivity contribution is 0.0286. The molecule has 1 aliphatic carbocycles. The predicted octanol–water partition coefficient (Wildman–Crippen LogP) is 3.15. The molecule has 0 unspecified atom stereocenters. The molecule has 2 aliphatic rings. The summed E-state index contributed by atoms with van der Waals surface area (Å²) >= 11 is 0. The van der Waals surface area contributed by atoms with Crippen molar-refractivity contribution < 1.29 is 22.7 Å². The van der Waals surface area contributed by atoms with Crippen LogP contribution in [0, 0.1) is 24.4 Å². The Morgan fingerprint density at radius 2 is 2.09 bits per heavy atom. The largest absolute Gasteiger partial charge is 0.375 e. The molecule has 1 saturated carbocycles. The Balaban J connectivity index is 1.62. The van der Waals surface area contributed by atoms with Crippen LogP contribution in [0.15, 0.2) is 24.4 Å². The standard InChI is InChI=1S/C23H23F3N4O2/c1-12-4-6-30-17(9-14-11-27-5-7-32-14)22(29-18(30)8-12)19-16(24)10-15(20(25)21(19)26)23(31)28-13-2-3-13/h4,6,8,10,13-14,27H,2-3,5,7,9,11H2,1H3,(H,28,31)/t14-/m0/s1. The van der Waals surface area contributed by atoms with Crippen LogP contribution in [0.2, 0.25) is 0 Å². The molecule has 32 heavy (non-hydrogen) atoms. The molecule has 0 bridgehead atoms. The summed E-state index contributed by atoms with van der Waals surface area (Å²) in [5.74, 6) is -4.65. The molecule has 3 aromatic rings. The summed E-state index contributed by atoms with van der Waals surface area (Å²) in [4.78, 5) is 16.7. The van der Waals surface area contributed by atoms with Gasteiger partial charge in [-0.25, -0.2) is 18.2 Å². The van der Waals surface area contributed by atoms with E-state index in [2.05, 4.69) is 15.6 Å². The fourth-order valence-corrected chi connectivity index (χ4v) is 4.03. The molecule has 5 rings (SSSR count). The fourth-order valence-electron chi connectivity index (χ4n) is 4.03. The van der Waals surface area contributed by atoms with E-state index < -0.39 is 34.5 Å². The van der Waals surface area contributed by atoms with Crippen LogP contribution in [0.3, 0.4) is 0 Å². The van der Waals surface area contributed by atoms with Gasteiger partial charge in [0.15, 0.2) is 11.6 Å². The third kappa shape index (κ3) is 3.86. The second kappa shape index (κ2) is 8.22. The SMILES string of the molecule is Cc1ccn2c(C[C@H]3CNCCO3)c(-c3c(F)cc(C(=O)NC4CC4)c(F)c3F)nc2c1. The molecule has 1 amide bonds. The molecule has 168 valence electrons. The Morgan fingerprint density at radius 3 is 2.81 bits per heavy atom. The number of aromatic nitrogens is 2. The number of benzene rings is 1. The number of nitrogens with one attached hydrogen (secondary N) is 2. The average molecular weight is 444 g/mol. The van der Waals surface area contributed by atoms with Gasteiger partial charge in [0, 0.05) is 31.7 Å². The van der Waals surface area contributed by atoms with Gasteiger partial charge in [0.1, 0.15) is 11.5 Å². The molecule has 2 aromatic heterocycles. The van der Waals surface area contributed by atoms with Gasteiger partial charge in [-0.15, -0.1) is 0 Å². The Kier molecular flexibility index (Phi) is 5.38. The van der Waals surface area contributed by atoms with Crippen molar-refractivity contribution in [2.45, 2.75) is 38.3 Å². The molecular weight excluding hydrogens is 421 g/mol. The van der Waals surface area contributed by atoms with E-state index in [4.69, 9.17) is 4.74 Å². The van der Waals surface area contributed by atoms with Crippen LogP contribution >= 0.6 is 0 Å². The third-order valence-corrected chi connectivity index (χ3v) is 5.86. The Bertz CT molecular complexity index is 1200. The van der Waals surface area contributed by atoms with Gasteiger partial charge >= 0.3 is 0 Å². The zero-order chi connectivity index (χ0) is 22.4. The number of carbonyl (C=O) groups excluding carboxylic acids is 1. The fraction of sp³-hybridized carbons (Fsp3) is 0.391. The minimum absolute atomic E-state index is 0.00724. The summed E-state index contributed by atoms with van der Waals surface area (Å²) in [6, 6.07) is 4.34. The second-order valence-corrected chi connectivity index (χ2v) is 8.40. The number of amides is 1. The van der Waals surface area contributed by atoms with E-state index in [1.54, 1.807) is 16.7 Å². The highest BCUT2D eigenvalue weighted by Crippen LogP contribution is 2.33. The van der Waals surface area contributed by atoms with E-state index in [1.165, 1.54) is 0 Å². The minimum Gasteiger partial charge on any atom is -0.375 e. The lowest BCUT2D eigenvalue weighted by Crippen LogP contribution is -2.39. The van der Waals surface area contributed by atoms with Crippen LogP contribution in [-0.4, -0.2) is 47.1 Å². The summed E-state index contributed by atoms with van der Waals surface area (Å²) in [6.07, 6.45) is 3.44. The van der Waals surface area contributed by atoms with Crippen LogP contribution in [0.4, 0.5) is 13.2 Å². The van der Waals surface area contributed by atoms with Crippen molar-refractivity contribution in [3.63, 3.8) is 0 Å². The van der Waals surface area contributed by atoms with Gasteiger partial charge in [-0.05, 0) is 43.5 Å². The van der Waals surface area contributed by atoms with Crippen molar-refractivity contribution in [3.05, 3.63) is 58.7 Å². The van der Waals surface area contributed by atoms with Gasteiger partial charge in [-0.2, -0.15) is 0 Å².